The molecule has 6 heteroatoms. The molecule has 0 atom stereocenters. The van der Waals surface area contributed by atoms with E-state index < -0.39 is 0 Å². The normalized spacial score (nSPS) is 14.0. The highest BCUT2D eigenvalue weighted by Gasteiger charge is 2.33. The van der Waals surface area contributed by atoms with Crippen LogP contribution in [0.1, 0.15) is 20.7 Å². The van der Waals surface area contributed by atoms with Crippen LogP contribution in [-0.4, -0.2) is 58.8 Å². The highest BCUT2D eigenvalue weighted by atomic mass is 16.2. The molecule has 1 aliphatic heterocycles. The minimum absolute atomic E-state index is 0.252. The predicted octanol–water partition coefficient (Wildman–Crippen LogP) is 3.09. The highest BCUT2D eigenvalue weighted by molar-refractivity contribution is 6.28. The number of imide groups is 1. The monoisotopic (exact) mass is 370 g/mol. The molecule has 0 N–H and O–H groups in total. The summed E-state index contributed by atoms with van der Waals surface area (Å²) in [6, 6.07) is 15.0. The molecule has 4 aromatic rings. The third kappa shape index (κ3) is 2.38. The first-order valence-corrected chi connectivity index (χ1v) is 9.18. The van der Waals surface area contributed by atoms with Crippen molar-refractivity contribution in [1.82, 2.24) is 19.8 Å². The van der Waals surface area contributed by atoms with Crippen LogP contribution in [0, 0.1) is 0 Å². The van der Waals surface area contributed by atoms with Gasteiger partial charge in [-0.25, -0.2) is 9.97 Å². The Kier molecular flexibility index (Phi) is 3.64. The zero-order chi connectivity index (χ0) is 19.4. The van der Waals surface area contributed by atoms with Gasteiger partial charge >= 0.3 is 0 Å². The van der Waals surface area contributed by atoms with Gasteiger partial charge in [-0.3, -0.25) is 14.5 Å². The molecule has 28 heavy (non-hydrogen) atoms. The van der Waals surface area contributed by atoms with E-state index in [-0.39, 0.29) is 11.8 Å². The lowest BCUT2D eigenvalue weighted by molar-refractivity contribution is 0.0601. The number of aromatic nitrogens is 2. The average Bonchev–Trinajstić information content (AvgIpc) is 2.70. The second-order valence-electron chi connectivity index (χ2n) is 7.30. The Morgan fingerprint density at radius 3 is 2.32 bits per heavy atom. The zero-order valence-corrected chi connectivity index (χ0v) is 15.6. The summed E-state index contributed by atoms with van der Waals surface area (Å²) in [4.78, 5) is 39.0. The quantitative estimate of drug-likeness (QED) is 0.315. The second-order valence-corrected chi connectivity index (χ2v) is 7.30. The van der Waals surface area contributed by atoms with E-state index in [1.165, 1.54) is 4.90 Å². The van der Waals surface area contributed by atoms with Crippen LogP contribution in [0.5, 0.6) is 0 Å². The molecule has 0 aliphatic carbocycles. The van der Waals surface area contributed by atoms with E-state index >= 15 is 0 Å². The van der Waals surface area contributed by atoms with Gasteiger partial charge in [0.05, 0.1) is 27.6 Å². The van der Waals surface area contributed by atoms with Gasteiger partial charge in [0.2, 0.25) is 0 Å². The zero-order valence-electron chi connectivity index (χ0n) is 15.6. The van der Waals surface area contributed by atoms with Crippen molar-refractivity contribution in [2.75, 3.05) is 27.2 Å². The van der Waals surface area contributed by atoms with Gasteiger partial charge < -0.3 is 4.90 Å². The van der Waals surface area contributed by atoms with Gasteiger partial charge in [0, 0.05) is 29.4 Å². The fraction of sp³-hybridized carbons (Fsp3) is 0.182. The van der Waals surface area contributed by atoms with Crippen molar-refractivity contribution >= 4 is 44.7 Å². The number of rotatable bonds is 3. The lowest BCUT2D eigenvalue weighted by Gasteiger charge is -2.28. The third-order valence-corrected chi connectivity index (χ3v) is 5.19. The maximum atomic E-state index is 13.2. The molecule has 6 nitrogen and oxygen atoms in total. The molecular weight excluding hydrogens is 352 g/mol. The SMILES string of the molecule is CN(C)CCN1C(=O)c2cccc3c2c(cc2nc4ccccc4nc23)C1=O. The molecule has 3 aromatic carbocycles. The van der Waals surface area contributed by atoms with Crippen LogP contribution in [0.15, 0.2) is 48.5 Å². The average molecular weight is 370 g/mol. The van der Waals surface area contributed by atoms with Gasteiger partial charge in [0.25, 0.3) is 11.8 Å². The van der Waals surface area contributed by atoms with Gasteiger partial charge in [-0.2, -0.15) is 0 Å². The summed E-state index contributed by atoms with van der Waals surface area (Å²) in [7, 11) is 3.84. The van der Waals surface area contributed by atoms with Crippen LogP contribution in [-0.2, 0) is 0 Å². The van der Waals surface area contributed by atoms with Crippen molar-refractivity contribution in [3.63, 3.8) is 0 Å². The van der Waals surface area contributed by atoms with E-state index in [4.69, 9.17) is 9.97 Å². The number of carbonyl (C=O) groups excluding carboxylic acids is 2. The lowest BCUT2D eigenvalue weighted by atomic mass is 9.92. The Morgan fingerprint density at radius 1 is 0.857 bits per heavy atom. The molecule has 0 saturated carbocycles. The van der Waals surface area contributed by atoms with E-state index in [0.717, 1.165) is 16.4 Å². The van der Waals surface area contributed by atoms with Crippen molar-refractivity contribution < 1.29 is 9.59 Å². The van der Waals surface area contributed by atoms with Crippen molar-refractivity contribution in [2.45, 2.75) is 0 Å². The molecular formula is C22H18N4O2. The number of nitrogens with zero attached hydrogens (tertiary/aromatic N) is 4. The first-order valence-electron chi connectivity index (χ1n) is 9.18. The van der Waals surface area contributed by atoms with Crippen LogP contribution in [0.3, 0.4) is 0 Å². The minimum atomic E-state index is -0.271. The van der Waals surface area contributed by atoms with Crippen LogP contribution in [0.25, 0.3) is 32.8 Å². The summed E-state index contributed by atoms with van der Waals surface area (Å²) in [6.45, 7) is 0.961. The Bertz CT molecular complexity index is 1300. The Labute approximate surface area is 161 Å². The summed E-state index contributed by atoms with van der Waals surface area (Å²) in [5.74, 6) is -0.523. The maximum Gasteiger partial charge on any atom is 0.261 e. The van der Waals surface area contributed by atoms with E-state index in [1.54, 1.807) is 12.1 Å². The van der Waals surface area contributed by atoms with E-state index in [1.807, 2.05) is 55.4 Å². The number of hydrogen-bond donors (Lipinski definition) is 0. The molecule has 0 bridgehead atoms. The largest absolute Gasteiger partial charge is 0.308 e. The van der Waals surface area contributed by atoms with Gasteiger partial charge in [0.1, 0.15) is 0 Å². The third-order valence-electron chi connectivity index (χ3n) is 5.19. The minimum Gasteiger partial charge on any atom is -0.308 e. The van der Waals surface area contributed by atoms with Crippen LogP contribution >= 0.6 is 0 Å². The number of fused-ring (bicyclic) bond motifs is 3. The van der Waals surface area contributed by atoms with E-state index in [2.05, 4.69) is 0 Å². The molecule has 1 aliphatic rings. The fourth-order valence-corrected chi connectivity index (χ4v) is 3.79. The Morgan fingerprint density at radius 2 is 1.57 bits per heavy atom. The Balaban J connectivity index is 1.81. The number of amides is 2. The van der Waals surface area contributed by atoms with E-state index in [9.17, 15) is 9.59 Å². The van der Waals surface area contributed by atoms with E-state index in [0.29, 0.717) is 40.6 Å². The highest BCUT2D eigenvalue weighted by Crippen LogP contribution is 2.34. The summed E-state index contributed by atoms with van der Waals surface area (Å²) in [5, 5.41) is 1.47. The number of carbonyl (C=O) groups is 2. The van der Waals surface area contributed by atoms with Gasteiger partial charge in [-0.05, 0) is 38.4 Å². The molecule has 0 radical (unpaired) electrons. The van der Waals surface area contributed by atoms with Gasteiger partial charge in [-0.1, -0.05) is 24.3 Å². The number of para-hydroxylation sites is 2. The summed E-state index contributed by atoms with van der Waals surface area (Å²) < 4.78 is 0. The second kappa shape index (κ2) is 6.07. The van der Waals surface area contributed by atoms with Crippen molar-refractivity contribution in [3.8, 4) is 0 Å². The Hall–Kier alpha value is -3.38. The van der Waals surface area contributed by atoms with Crippen molar-refractivity contribution in [2.24, 2.45) is 0 Å². The maximum absolute atomic E-state index is 13.2. The first-order chi connectivity index (χ1) is 13.5. The number of hydrogen-bond acceptors (Lipinski definition) is 5. The lowest BCUT2D eigenvalue weighted by Crippen LogP contribution is -2.43. The first kappa shape index (κ1) is 16.8. The number of benzene rings is 3. The summed E-state index contributed by atoms with van der Waals surface area (Å²) in [5.41, 5.74) is 4.00. The van der Waals surface area contributed by atoms with Gasteiger partial charge in [0.15, 0.2) is 0 Å². The predicted molar refractivity (Wildman–Crippen MR) is 108 cm³/mol. The molecule has 2 heterocycles. The molecule has 0 unspecified atom stereocenters. The van der Waals surface area contributed by atoms with Crippen LogP contribution in [0.2, 0.25) is 0 Å². The standard InChI is InChI=1S/C22H18N4O2/c1-25(2)10-11-26-21(27)14-7-5-6-13-19(14)15(22(26)28)12-18-20(13)24-17-9-4-3-8-16(17)23-18/h3-9,12H,10-11H2,1-2H3. The van der Waals surface area contributed by atoms with Gasteiger partial charge in [-0.15, -0.1) is 0 Å². The molecule has 0 fully saturated rings. The van der Waals surface area contributed by atoms with Crippen molar-refractivity contribution in [1.29, 1.82) is 0 Å². The molecule has 0 spiro atoms. The van der Waals surface area contributed by atoms with Crippen LogP contribution < -0.4 is 0 Å². The van der Waals surface area contributed by atoms with Crippen LogP contribution in [0.4, 0.5) is 0 Å². The van der Waals surface area contributed by atoms with Crippen molar-refractivity contribution in [3.05, 3.63) is 59.7 Å². The number of likely N-dealkylation sites (N-methyl/N-ethyl adjacent to an activating group) is 1. The molecule has 5 rings (SSSR count). The molecule has 1 aromatic heterocycles. The summed E-state index contributed by atoms with van der Waals surface area (Å²) >= 11 is 0. The molecule has 138 valence electrons. The summed E-state index contributed by atoms with van der Waals surface area (Å²) in [6.07, 6.45) is 0. The fourth-order valence-electron chi connectivity index (χ4n) is 3.79. The topological polar surface area (TPSA) is 66.4 Å². The molecule has 2 amide bonds. The molecule has 0 saturated heterocycles. The smallest absolute Gasteiger partial charge is 0.261 e.